The van der Waals surface area contributed by atoms with Gasteiger partial charge in [-0.25, -0.2) is 0 Å². The quantitative estimate of drug-likeness (QED) is 0.557. The van der Waals surface area contributed by atoms with Crippen molar-refractivity contribution in [3.63, 3.8) is 0 Å². The van der Waals surface area contributed by atoms with Gasteiger partial charge < -0.3 is 14.9 Å². The third kappa shape index (κ3) is 1.22. The van der Waals surface area contributed by atoms with Crippen LogP contribution in [0.4, 0.5) is 0 Å². The fourth-order valence-corrected chi connectivity index (χ4v) is 1.74. The molecule has 1 aromatic rings. The number of rotatable bonds is 1. The summed E-state index contributed by atoms with van der Waals surface area (Å²) in [6.45, 7) is 0.446. The average molecular weight is 191 g/mol. The second-order valence-corrected chi connectivity index (χ2v) is 3.41. The van der Waals surface area contributed by atoms with Crippen molar-refractivity contribution in [1.29, 1.82) is 0 Å². The molecule has 2 N–H and O–H groups in total. The van der Waals surface area contributed by atoms with Gasteiger partial charge in [-0.3, -0.25) is 4.79 Å². The lowest BCUT2D eigenvalue weighted by Gasteiger charge is -2.06. The van der Waals surface area contributed by atoms with Crippen LogP contribution in [-0.2, 0) is 6.54 Å². The van der Waals surface area contributed by atoms with E-state index in [0.717, 1.165) is 5.56 Å². The molecule has 1 heterocycles. The van der Waals surface area contributed by atoms with Crippen LogP contribution in [-0.4, -0.2) is 35.0 Å². The summed E-state index contributed by atoms with van der Waals surface area (Å²) in [6.07, 6.45) is 0. The first-order valence-corrected chi connectivity index (χ1v) is 4.34. The van der Waals surface area contributed by atoms with Crippen LogP contribution in [0, 0.1) is 0 Å². The lowest BCUT2D eigenvalue weighted by atomic mass is 9.76. The van der Waals surface area contributed by atoms with Crippen LogP contribution in [0.5, 0.6) is 0 Å². The predicted octanol–water partition coefficient (Wildman–Crippen LogP) is -1.05. The lowest BCUT2D eigenvalue weighted by molar-refractivity contribution is 0.0816. The number of nitrogens with zero attached hydrogens (tertiary/aromatic N) is 1. The third-order valence-corrected chi connectivity index (χ3v) is 2.46. The molecule has 0 radical (unpaired) electrons. The number of amides is 1. The molecule has 4 nitrogen and oxygen atoms in total. The Morgan fingerprint density at radius 2 is 2.14 bits per heavy atom. The van der Waals surface area contributed by atoms with E-state index in [0.29, 0.717) is 17.6 Å². The Kier molecular flexibility index (Phi) is 2.05. The van der Waals surface area contributed by atoms with E-state index in [9.17, 15) is 4.79 Å². The fraction of sp³-hybridized carbons (Fsp3) is 0.222. The molecule has 0 aliphatic carbocycles. The van der Waals surface area contributed by atoms with Crippen molar-refractivity contribution in [2.24, 2.45) is 0 Å². The summed E-state index contributed by atoms with van der Waals surface area (Å²) in [5, 5.41) is 18.2. The van der Waals surface area contributed by atoms with Crippen molar-refractivity contribution in [3.05, 3.63) is 29.3 Å². The van der Waals surface area contributed by atoms with Crippen molar-refractivity contribution >= 4 is 18.5 Å². The van der Waals surface area contributed by atoms with Gasteiger partial charge in [-0.15, -0.1) is 0 Å². The number of carbonyl (C=O) groups is 1. The van der Waals surface area contributed by atoms with E-state index >= 15 is 0 Å². The highest BCUT2D eigenvalue weighted by molar-refractivity contribution is 6.59. The van der Waals surface area contributed by atoms with Crippen molar-refractivity contribution in [2.75, 3.05) is 7.05 Å². The van der Waals surface area contributed by atoms with Gasteiger partial charge in [0.2, 0.25) is 0 Å². The third-order valence-electron chi connectivity index (χ3n) is 2.46. The molecule has 72 valence electrons. The zero-order valence-corrected chi connectivity index (χ0v) is 7.77. The molecule has 0 aromatic heterocycles. The topological polar surface area (TPSA) is 60.8 Å². The molecular formula is C9H10BNO3. The molecule has 0 saturated carbocycles. The zero-order chi connectivity index (χ0) is 10.3. The van der Waals surface area contributed by atoms with Crippen molar-refractivity contribution in [2.45, 2.75) is 6.54 Å². The van der Waals surface area contributed by atoms with E-state index in [2.05, 4.69) is 0 Å². The minimum Gasteiger partial charge on any atom is -0.423 e. The van der Waals surface area contributed by atoms with Gasteiger partial charge in [0.05, 0.1) is 0 Å². The average Bonchev–Trinajstić information content (AvgIpc) is 2.43. The maximum absolute atomic E-state index is 11.5. The van der Waals surface area contributed by atoms with Crippen LogP contribution in [0.15, 0.2) is 18.2 Å². The molecule has 2 rings (SSSR count). The second-order valence-electron chi connectivity index (χ2n) is 3.41. The molecule has 0 bridgehead atoms. The van der Waals surface area contributed by atoms with Gasteiger partial charge >= 0.3 is 7.12 Å². The van der Waals surface area contributed by atoms with Gasteiger partial charge in [-0.1, -0.05) is 12.1 Å². The molecule has 1 aliphatic rings. The van der Waals surface area contributed by atoms with Crippen LogP contribution in [0.1, 0.15) is 15.9 Å². The second kappa shape index (κ2) is 3.11. The van der Waals surface area contributed by atoms with Crippen LogP contribution in [0.2, 0.25) is 0 Å². The molecule has 0 spiro atoms. The lowest BCUT2D eigenvalue weighted by Crippen LogP contribution is -2.33. The summed E-state index contributed by atoms with van der Waals surface area (Å²) in [4.78, 5) is 13.1. The predicted molar refractivity (Wildman–Crippen MR) is 52.1 cm³/mol. The smallest absolute Gasteiger partial charge is 0.423 e. The molecule has 14 heavy (non-hydrogen) atoms. The summed E-state index contributed by atoms with van der Waals surface area (Å²) in [6, 6.07) is 4.98. The molecule has 0 atom stereocenters. The Hall–Kier alpha value is -1.33. The van der Waals surface area contributed by atoms with Crippen LogP contribution in [0.3, 0.4) is 0 Å². The Morgan fingerprint density at radius 1 is 1.43 bits per heavy atom. The first-order valence-electron chi connectivity index (χ1n) is 4.34. The van der Waals surface area contributed by atoms with Gasteiger partial charge in [-0.2, -0.15) is 0 Å². The molecule has 1 amide bonds. The summed E-state index contributed by atoms with van der Waals surface area (Å²) in [7, 11) is 0.180. The summed E-state index contributed by atoms with van der Waals surface area (Å²) < 4.78 is 0. The van der Waals surface area contributed by atoms with E-state index in [-0.39, 0.29) is 5.91 Å². The Labute approximate surface area is 81.9 Å². The highest BCUT2D eigenvalue weighted by Gasteiger charge is 2.29. The minimum absolute atomic E-state index is 0.0671. The van der Waals surface area contributed by atoms with Crippen LogP contribution >= 0.6 is 0 Å². The number of hydrogen-bond donors (Lipinski definition) is 2. The molecule has 0 unspecified atom stereocenters. The molecule has 1 aliphatic heterocycles. The zero-order valence-electron chi connectivity index (χ0n) is 7.77. The van der Waals surface area contributed by atoms with E-state index in [1.165, 1.54) is 0 Å². The largest absolute Gasteiger partial charge is 0.488 e. The van der Waals surface area contributed by atoms with Gasteiger partial charge in [-0.05, 0) is 17.1 Å². The normalized spacial score (nSPS) is 14.5. The maximum Gasteiger partial charge on any atom is 0.488 e. The molecular weight excluding hydrogens is 181 g/mol. The molecule has 1 aromatic carbocycles. The van der Waals surface area contributed by atoms with E-state index in [4.69, 9.17) is 10.0 Å². The molecule has 5 heteroatoms. The van der Waals surface area contributed by atoms with E-state index in [1.807, 2.05) is 0 Å². The standard InChI is InChI=1S/C9H10BNO3/c1-11-5-7-6(9(11)12)3-2-4-8(7)10(13)14/h2-4,13-14H,5H2,1H3. The van der Waals surface area contributed by atoms with Crippen LogP contribution < -0.4 is 5.46 Å². The SMILES string of the molecule is CN1Cc2c(B(O)O)cccc2C1=O. The van der Waals surface area contributed by atoms with Crippen molar-refractivity contribution < 1.29 is 14.8 Å². The summed E-state index contributed by atoms with van der Waals surface area (Å²) in [5.41, 5.74) is 1.70. The number of benzene rings is 1. The number of fused-ring (bicyclic) bond motifs is 1. The Bertz CT molecular complexity index is 392. The van der Waals surface area contributed by atoms with Gasteiger partial charge in [0.25, 0.3) is 5.91 Å². The van der Waals surface area contributed by atoms with Gasteiger partial charge in [0.15, 0.2) is 0 Å². The van der Waals surface area contributed by atoms with Crippen LogP contribution in [0.25, 0.3) is 0 Å². The summed E-state index contributed by atoms with van der Waals surface area (Å²) >= 11 is 0. The van der Waals surface area contributed by atoms with Gasteiger partial charge in [0, 0.05) is 19.2 Å². The minimum atomic E-state index is -1.51. The number of carbonyl (C=O) groups excluding carboxylic acids is 1. The molecule has 0 saturated heterocycles. The van der Waals surface area contributed by atoms with Crippen molar-refractivity contribution in [1.82, 2.24) is 4.90 Å². The fourth-order valence-electron chi connectivity index (χ4n) is 1.74. The monoisotopic (exact) mass is 191 g/mol. The highest BCUT2D eigenvalue weighted by Crippen LogP contribution is 2.19. The molecule has 0 fully saturated rings. The highest BCUT2D eigenvalue weighted by atomic mass is 16.4. The number of hydrogen-bond acceptors (Lipinski definition) is 3. The Morgan fingerprint density at radius 3 is 2.79 bits per heavy atom. The first kappa shape index (κ1) is 9.24. The van der Waals surface area contributed by atoms with E-state index in [1.54, 1.807) is 30.1 Å². The first-order chi connectivity index (χ1) is 6.61. The maximum atomic E-state index is 11.5. The van der Waals surface area contributed by atoms with E-state index < -0.39 is 7.12 Å². The summed E-state index contributed by atoms with van der Waals surface area (Å²) in [5.74, 6) is -0.0671. The van der Waals surface area contributed by atoms with Gasteiger partial charge in [0.1, 0.15) is 0 Å². The van der Waals surface area contributed by atoms with Crippen molar-refractivity contribution in [3.8, 4) is 0 Å². The Balaban J connectivity index is 2.56.